The molecule has 21 heavy (non-hydrogen) atoms. The van der Waals surface area contributed by atoms with Crippen molar-refractivity contribution in [3.63, 3.8) is 0 Å². The zero-order valence-corrected chi connectivity index (χ0v) is 12.6. The molecule has 2 heterocycles. The molecule has 1 aromatic rings. The Morgan fingerprint density at radius 1 is 1.14 bits per heavy atom. The summed E-state index contributed by atoms with van der Waals surface area (Å²) in [7, 11) is -4.67. The summed E-state index contributed by atoms with van der Waals surface area (Å²) in [5, 5.41) is 0. The van der Waals surface area contributed by atoms with Crippen molar-refractivity contribution in [2.24, 2.45) is 9.98 Å². The van der Waals surface area contributed by atoms with Crippen LogP contribution < -0.4 is 0 Å². The summed E-state index contributed by atoms with van der Waals surface area (Å²) in [5.74, 6) is 1.25. The van der Waals surface area contributed by atoms with E-state index < -0.39 is 26.2 Å². The number of rotatable bonds is 1. The van der Waals surface area contributed by atoms with Gasteiger partial charge in [-0.1, -0.05) is 0 Å². The molecule has 0 saturated carbocycles. The average molecular weight is 359 g/mol. The Bertz CT molecular complexity index is 592. The predicted molar refractivity (Wildman–Crippen MR) is 65.8 cm³/mol. The molecular formula is C8H12N4O7SV. The van der Waals surface area contributed by atoms with Gasteiger partial charge < -0.3 is 0 Å². The second-order valence-electron chi connectivity index (χ2n) is 3.08. The van der Waals surface area contributed by atoms with Crippen molar-refractivity contribution in [3.05, 3.63) is 24.3 Å². The zero-order chi connectivity index (χ0) is 16.3. The number of aromatic nitrogens is 2. The van der Waals surface area contributed by atoms with Crippen molar-refractivity contribution in [2.45, 2.75) is 6.42 Å². The molecule has 1 aromatic heterocycles. The summed E-state index contributed by atoms with van der Waals surface area (Å²) in [6.07, 6.45) is 6.14. The Labute approximate surface area is 125 Å². The Hall–Kier alpha value is -1.41. The van der Waals surface area contributed by atoms with Crippen LogP contribution >= 0.6 is 0 Å². The Balaban J connectivity index is 0.000000374. The van der Waals surface area contributed by atoms with E-state index in [9.17, 15) is 0 Å². The Morgan fingerprint density at radius 3 is 2.00 bits per heavy atom. The molecule has 0 aliphatic carbocycles. The maximum absolute atomic E-state index is 8.78. The van der Waals surface area contributed by atoms with Crippen molar-refractivity contribution in [3.8, 4) is 0 Å². The molecule has 0 spiro atoms. The van der Waals surface area contributed by atoms with Gasteiger partial charge in [0.1, 0.15) is 0 Å². The zero-order valence-electron chi connectivity index (χ0n) is 10.4. The third-order valence-electron chi connectivity index (χ3n) is 1.50. The number of amidine groups is 1. The fourth-order valence-electron chi connectivity index (χ4n) is 0.963. The molecule has 0 saturated heterocycles. The molecular weight excluding hydrogens is 347 g/mol. The molecule has 0 aromatic carbocycles. The van der Waals surface area contributed by atoms with Gasteiger partial charge in [0.05, 0.1) is 0 Å². The van der Waals surface area contributed by atoms with Crippen molar-refractivity contribution >= 4 is 22.4 Å². The van der Waals surface area contributed by atoms with Crippen LogP contribution in [0.4, 0.5) is 0 Å². The topological polar surface area (TPSA) is 183 Å². The van der Waals surface area contributed by atoms with Crippen LogP contribution in [0.2, 0.25) is 0 Å². The average Bonchev–Trinajstić information content (AvgIpc) is 2.38. The molecule has 11 nitrogen and oxygen atoms in total. The fourth-order valence-corrected chi connectivity index (χ4v) is 0.963. The van der Waals surface area contributed by atoms with Crippen molar-refractivity contribution in [2.75, 3.05) is 6.54 Å². The van der Waals surface area contributed by atoms with Gasteiger partial charge >= 0.3 is 37.9 Å². The van der Waals surface area contributed by atoms with Crippen LogP contribution in [0.1, 0.15) is 12.2 Å². The summed E-state index contributed by atoms with van der Waals surface area (Å²) in [4.78, 5) is 16.4. The first-order valence-electron chi connectivity index (χ1n) is 5.09. The normalized spacial score (nSPS) is 13.0. The van der Waals surface area contributed by atoms with Crippen LogP contribution in [-0.4, -0.2) is 54.1 Å². The fraction of sp³-hybridized carbons (Fsp3) is 0.250. The molecule has 117 valence electrons. The van der Waals surface area contributed by atoms with Gasteiger partial charge in [0.15, 0.2) is 11.7 Å². The quantitative estimate of drug-likeness (QED) is 0.448. The number of nitrogens with zero attached hydrogens (tertiary/aromatic N) is 4. The van der Waals surface area contributed by atoms with Gasteiger partial charge in [-0.05, 0) is 6.07 Å². The van der Waals surface area contributed by atoms with Crippen LogP contribution in [0.15, 0.2) is 28.4 Å². The molecule has 0 amide bonds. The second-order valence-corrected chi connectivity index (χ2v) is 4.76. The molecule has 0 bridgehead atoms. The van der Waals surface area contributed by atoms with Gasteiger partial charge in [0.2, 0.25) is 0 Å². The molecule has 0 unspecified atom stereocenters. The number of aliphatic imine (C=N–C) groups is 2. The number of hydrogen-bond acceptors (Lipinski definition) is 7. The van der Waals surface area contributed by atoms with E-state index in [1.54, 1.807) is 18.5 Å². The van der Waals surface area contributed by atoms with E-state index in [0.717, 1.165) is 13.0 Å². The molecule has 1 aliphatic rings. The Morgan fingerprint density at radius 2 is 1.62 bits per heavy atom. The van der Waals surface area contributed by atoms with E-state index in [-0.39, 0.29) is 0 Å². The molecule has 0 radical (unpaired) electrons. The van der Waals surface area contributed by atoms with Crippen molar-refractivity contribution in [1.82, 2.24) is 9.97 Å². The summed E-state index contributed by atoms with van der Waals surface area (Å²) >= 11 is -3.44. The van der Waals surface area contributed by atoms with E-state index in [2.05, 4.69) is 20.0 Å². The van der Waals surface area contributed by atoms with Gasteiger partial charge in [-0.2, -0.15) is 8.42 Å². The summed E-state index contributed by atoms with van der Waals surface area (Å²) in [6, 6.07) is 1.77. The first-order valence-corrected chi connectivity index (χ1v) is 8.31. The van der Waals surface area contributed by atoms with Crippen LogP contribution in [0, 0.1) is 0 Å². The van der Waals surface area contributed by atoms with Crippen LogP contribution in [-0.2, 0) is 29.9 Å². The van der Waals surface area contributed by atoms with E-state index in [4.69, 9.17) is 29.3 Å². The van der Waals surface area contributed by atoms with Gasteiger partial charge in [0.25, 0.3) is 0 Å². The van der Waals surface area contributed by atoms with E-state index >= 15 is 0 Å². The minimum absolute atomic E-state index is 0.605. The van der Waals surface area contributed by atoms with Gasteiger partial charge in [-0.3, -0.25) is 14.1 Å². The van der Waals surface area contributed by atoms with Crippen molar-refractivity contribution in [1.29, 1.82) is 0 Å². The standard InChI is InChI=1S/C8H8N4.H2O4S.2H2O.O.V/c1-3-9-7(10-4-1)8-11-5-2-6-12-8;1-5(2,3)4;;;;/h1,3-5H,2,6H2;(H2,1,2,3,4);2*1H2;;/q;;;;;+2/p-2. The van der Waals surface area contributed by atoms with Gasteiger partial charge in [-0.25, -0.2) is 15.0 Å². The molecule has 0 atom stereocenters. The van der Waals surface area contributed by atoms with E-state index in [1.165, 1.54) is 0 Å². The SMILES string of the molecule is C1=NC(c2ncccn2)=NCC1.O=S(=O)(O)O.[O]=[V]([OH])[OH]. The van der Waals surface area contributed by atoms with Gasteiger partial charge in [0, 0.05) is 31.6 Å². The first kappa shape index (κ1) is 19.6. The summed E-state index contributed by atoms with van der Waals surface area (Å²) < 4.78 is 54.8. The van der Waals surface area contributed by atoms with Crippen molar-refractivity contribution < 1.29 is 45.1 Å². The molecule has 0 fully saturated rings. The third kappa shape index (κ3) is 14.8. The molecule has 13 heteroatoms. The van der Waals surface area contributed by atoms with E-state index in [0.29, 0.717) is 11.7 Å². The molecule has 2 rings (SSSR count). The molecule has 4 N–H and O–H groups in total. The van der Waals surface area contributed by atoms with Crippen LogP contribution in [0.3, 0.4) is 0 Å². The molecule has 1 aliphatic heterocycles. The first-order chi connectivity index (χ1) is 9.70. The van der Waals surface area contributed by atoms with E-state index in [1.807, 2.05) is 6.21 Å². The maximum atomic E-state index is 8.78. The Kier molecular flexibility index (Phi) is 9.65. The number of hydrogen-bond donors (Lipinski definition) is 4. The summed E-state index contributed by atoms with van der Waals surface area (Å²) in [5.41, 5.74) is 0. The van der Waals surface area contributed by atoms with Crippen LogP contribution in [0.25, 0.3) is 0 Å². The second kappa shape index (κ2) is 10.3. The predicted octanol–water partition coefficient (Wildman–Crippen LogP) is -1.19. The third-order valence-corrected chi connectivity index (χ3v) is 1.50. The van der Waals surface area contributed by atoms with Gasteiger partial charge in [-0.15, -0.1) is 0 Å². The minimum atomic E-state index is -4.67. The van der Waals surface area contributed by atoms with Crippen LogP contribution in [0.5, 0.6) is 0 Å². The summed E-state index contributed by atoms with van der Waals surface area (Å²) in [6.45, 7) is 0.789. The monoisotopic (exact) mass is 359 g/mol.